The van der Waals surface area contributed by atoms with Gasteiger partial charge in [-0.2, -0.15) is 0 Å². The maximum atomic E-state index is 11.8. The van der Waals surface area contributed by atoms with Gasteiger partial charge in [0.2, 0.25) is 0 Å². The largest absolute Gasteiger partial charge is 0.468 e. The monoisotopic (exact) mass is 270 g/mol. The smallest absolute Gasteiger partial charge is 0.325 e. The number of nitrogens with zero attached hydrogens (tertiary/aromatic N) is 1. The Hall–Kier alpha value is -0.650. The number of rotatable bonds is 3. The fourth-order valence-corrected chi connectivity index (χ4v) is 3.40. The van der Waals surface area contributed by atoms with Crippen LogP contribution in [0.1, 0.15) is 38.5 Å². The van der Waals surface area contributed by atoms with Crippen molar-refractivity contribution >= 4 is 5.97 Å². The molecule has 1 aliphatic carbocycles. The third-order valence-electron chi connectivity index (χ3n) is 4.69. The lowest BCUT2D eigenvalue weighted by atomic mass is 9.78. The first-order valence-electron chi connectivity index (χ1n) is 7.24. The number of carbonyl (C=O) groups is 1. The summed E-state index contributed by atoms with van der Waals surface area (Å²) in [4.78, 5) is 14.3. The molecule has 0 aromatic carbocycles. The summed E-state index contributed by atoms with van der Waals surface area (Å²) >= 11 is 0. The van der Waals surface area contributed by atoms with E-state index in [0.29, 0.717) is 18.5 Å². The Morgan fingerprint density at radius 3 is 2.63 bits per heavy atom. The minimum Gasteiger partial charge on any atom is -0.468 e. The number of ether oxygens (including phenoxy) is 2. The molecule has 5 heteroatoms. The van der Waals surface area contributed by atoms with Crippen molar-refractivity contribution in [3.05, 3.63) is 0 Å². The van der Waals surface area contributed by atoms with Crippen LogP contribution in [-0.2, 0) is 14.3 Å². The zero-order valence-electron chi connectivity index (χ0n) is 12.1. The molecule has 2 N–H and O–H groups in total. The standard InChI is InChI=1S/C14H26N2O3/c1-16(11-5-8-19-9-6-11)12-4-3-7-14(15,10-12)13(17)18-2/h11-12H,3-10,15H2,1-2H3. The minimum atomic E-state index is -0.795. The molecule has 2 fully saturated rings. The van der Waals surface area contributed by atoms with Crippen molar-refractivity contribution in [1.82, 2.24) is 4.90 Å². The van der Waals surface area contributed by atoms with Gasteiger partial charge >= 0.3 is 5.97 Å². The molecule has 1 saturated carbocycles. The highest BCUT2D eigenvalue weighted by Gasteiger charge is 2.42. The minimum absolute atomic E-state index is 0.266. The SMILES string of the molecule is COC(=O)C1(N)CCCC(N(C)C2CCOCC2)C1. The third kappa shape index (κ3) is 3.27. The van der Waals surface area contributed by atoms with E-state index >= 15 is 0 Å². The Morgan fingerprint density at radius 2 is 2.00 bits per heavy atom. The van der Waals surface area contributed by atoms with Gasteiger partial charge in [0.05, 0.1) is 7.11 Å². The van der Waals surface area contributed by atoms with Crippen molar-refractivity contribution in [3.63, 3.8) is 0 Å². The van der Waals surface area contributed by atoms with Crippen LogP contribution in [0.25, 0.3) is 0 Å². The van der Waals surface area contributed by atoms with Crippen LogP contribution in [0.3, 0.4) is 0 Å². The van der Waals surface area contributed by atoms with Crippen LogP contribution in [0.4, 0.5) is 0 Å². The summed E-state index contributed by atoms with van der Waals surface area (Å²) in [5.41, 5.74) is 5.45. The van der Waals surface area contributed by atoms with Crippen molar-refractivity contribution in [2.75, 3.05) is 27.4 Å². The van der Waals surface area contributed by atoms with Crippen molar-refractivity contribution < 1.29 is 14.3 Å². The maximum Gasteiger partial charge on any atom is 0.325 e. The summed E-state index contributed by atoms with van der Waals surface area (Å²) in [6, 6.07) is 0.930. The first-order chi connectivity index (χ1) is 9.07. The average molecular weight is 270 g/mol. The zero-order chi connectivity index (χ0) is 13.9. The Kier molecular flexibility index (Phi) is 4.81. The Balaban J connectivity index is 1.98. The van der Waals surface area contributed by atoms with Gasteiger partial charge in [0.25, 0.3) is 0 Å². The molecule has 2 rings (SSSR count). The van der Waals surface area contributed by atoms with E-state index in [0.717, 1.165) is 45.3 Å². The molecule has 1 aliphatic heterocycles. The molecule has 0 spiro atoms. The predicted molar refractivity (Wildman–Crippen MR) is 72.8 cm³/mol. The number of hydrogen-bond acceptors (Lipinski definition) is 5. The number of nitrogens with two attached hydrogens (primary N) is 1. The molecule has 2 unspecified atom stereocenters. The second-order valence-electron chi connectivity index (χ2n) is 5.91. The van der Waals surface area contributed by atoms with Crippen molar-refractivity contribution in [3.8, 4) is 0 Å². The molecule has 0 amide bonds. The van der Waals surface area contributed by atoms with Crippen molar-refractivity contribution in [1.29, 1.82) is 0 Å². The van der Waals surface area contributed by atoms with Gasteiger partial charge in [-0.3, -0.25) is 4.79 Å². The Morgan fingerprint density at radius 1 is 1.32 bits per heavy atom. The highest BCUT2D eigenvalue weighted by molar-refractivity contribution is 5.80. The molecule has 5 nitrogen and oxygen atoms in total. The van der Waals surface area contributed by atoms with Crippen LogP contribution in [0.2, 0.25) is 0 Å². The third-order valence-corrected chi connectivity index (χ3v) is 4.69. The number of esters is 1. The van der Waals surface area contributed by atoms with Gasteiger partial charge in [-0.25, -0.2) is 0 Å². The van der Waals surface area contributed by atoms with E-state index in [1.165, 1.54) is 7.11 Å². The van der Waals surface area contributed by atoms with E-state index in [4.69, 9.17) is 15.2 Å². The molecule has 1 saturated heterocycles. The second-order valence-corrected chi connectivity index (χ2v) is 5.91. The molecule has 110 valence electrons. The van der Waals surface area contributed by atoms with Crippen LogP contribution in [0, 0.1) is 0 Å². The molecule has 0 radical (unpaired) electrons. The summed E-state index contributed by atoms with van der Waals surface area (Å²) < 4.78 is 10.3. The summed E-state index contributed by atoms with van der Waals surface area (Å²) in [5, 5.41) is 0. The Labute approximate surface area is 115 Å². The van der Waals surface area contributed by atoms with Gasteiger partial charge in [0.15, 0.2) is 0 Å². The van der Waals surface area contributed by atoms with Crippen LogP contribution in [-0.4, -0.2) is 55.9 Å². The molecule has 0 aromatic heterocycles. The lowest BCUT2D eigenvalue weighted by molar-refractivity contribution is -0.149. The summed E-state index contributed by atoms with van der Waals surface area (Å²) in [5.74, 6) is -0.266. The highest BCUT2D eigenvalue weighted by atomic mass is 16.5. The van der Waals surface area contributed by atoms with E-state index < -0.39 is 5.54 Å². The molecule has 19 heavy (non-hydrogen) atoms. The van der Waals surface area contributed by atoms with Gasteiger partial charge < -0.3 is 20.1 Å². The number of methoxy groups -OCH3 is 1. The summed E-state index contributed by atoms with van der Waals surface area (Å²) in [7, 11) is 3.58. The fraction of sp³-hybridized carbons (Fsp3) is 0.929. The van der Waals surface area contributed by atoms with Crippen LogP contribution < -0.4 is 5.73 Å². The fourth-order valence-electron chi connectivity index (χ4n) is 3.40. The topological polar surface area (TPSA) is 64.8 Å². The molecular weight excluding hydrogens is 244 g/mol. The van der Waals surface area contributed by atoms with Gasteiger partial charge in [-0.05, 0) is 45.6 Å². The highest BCUT2D eigenvalue weighted by Crippen LogP contribution is 2.32. The quantitative estimate of drug-likeness (QED) is 0.772. The first kappa shape index (κ1) is 14.8. The van der Waals surface area contributed by atoms with Crippen LogP contribution in [0.5, 0.6) is 0 Å². The lowest BCUT2D eigenvalue weighted by Crippen LogP contribution is -2.57. The molecular formula is C14H26N2O3. The summed E-state index contributed by atoms with van der Waals surface area (Å²) in [6.07, 6.45) is 5.69. The van der Waals surface area contributed by atoms with E-state index in [1.54, 1.807) is 0 Å². The first-order valence-corrected chi connectivity index (χ1v) is 7.24. The van der Waals surface area contributed by atoms with Crippen molar-refractivity contribution in [2.45, 2.75) is 56.1 Å². The average Bonchev–Trinajstić information content (AvgIpc) is 2.46. The van der Waals surface area contributed by atoms with E-state index in [1.807, 2.05) is 0 Å². The van der Waals surface area contributed by atoms with Crippen LogP contribution in [0.15, 0.2) is 0 Å². The molecule has 0 aromatic rings. The van der Waals surface area contributed by atoms with Gasteiger partial charge in [0, 0.05) is 25.3 Å². The molecule has 2 aliphatic rings. The van der Waals surface area contributed by atoms with Gasteiger partial charge in [0.1, 0.15) is 5.54 Å². The van der Waals surface area contributed by atoms with E-state index in [-0.39, 0.29) is 5.97 Å². The van der Waals surface area contributed by atoms with Crippen molar-refractivity contribution in [2.24, 2.45) is 5.73 Å². The van der Waals surface area contributed by atoms with Gasteiger partial charge in [-0.1, -0.05) is 0 Å². The van der Waals surface area contributed by atoms with Crippen LogP contribution >= 0.6 is 0 Å². The van der Waals surface area contributed by atoms with E-state index in [2.05, 4.69) is 11.9 Å². The molecule has 1 heterocycles. The maximum absolute atomic E-state index is 11.8. The second kappa shape index (κ2) is 6.20. The van der Waals surface area contributed by atoms with Gasteiger partial charge in [-0.15, -0.1) is 0 Å². The predicted octanol–water partition coefficient (Wildman–Crippen LogP) is 0.910. The molecule has 2 atom stereocenters. The molecule has 0 bridgehead atoms. The lowest BCUT2D eigenvalue weighted by Gasteiger charge is -2.43. The normalized spacial score (nSPS) is 33.4. The zero-order valence-corrected chi connectivity index (χ0v) is 12.1. The summed E-state index contributed by atoms with van der Waals surface area (Å²) in [6.45, 7) is 1.68. The number of hydrogen-bond donors (Lipinski definition) is 1. The number of carbonyl (C=O) groups excluding carboxylic acids is 1. The van der Waals surface area contributed by atoms with E-state index in [9.17, 15) is 4.79 Å². The Bertz CT molecular complexity index is 318.